The van der Waals surface area contributed by atoms with Gasteiger partial charge in [-0.2, -0.15) is 5.10 Å². The Kier molecular flexibility index (Phi) is 8.59. The summed E-state index contributed by atoms with van der Waals surface area (Å²) in [5.74, 6) is -0.522. The Balaban J connectivity index is 2.14. The third kappa shape index (κ3) is 7.70. The SMILES string of the molecule is CC(C)(C)CC(C)(C)c1cc(Br)c(OCC(=O)N/N=C/c2cccc(Br)c2)c([N+](=O)[O-])c1. The fraction of sp³-hybridized carbons (Fsp3) is 0.391. The Hall–Kier alpha value is -2.26. The Bertz CT molecular complexity index is 1030. The molecule has 0 saturated carbocycles. The van der Waals surface area contributed by atoms with E-state index in [1.54, 1.807) is 0 Å². The molecule has 0 aliphatic carbocycles. The Labute approximate surface area is 205 Å². The first kappa shape index (κ1) is 26.0. The zero-order valence-electron chi connectivity index (χ0n) is 18.7. The van der Waals surface area contributed by atoms with Crippen molar-refractivity contribution < 1.29 is 14.5 Å². The van der Waals surface area contributed by atoms with Gasteiger partial charge in [0, 0.05) is 10.5 Å². The van der Waals surface area contributed by atoms with Crippen molar-refractivity contribution in [1.29, 1.82) is 0 Å². The topological polar surface area (TPSA) is 93.8 Å². The molecular formula is C23H27Br2N3O4. The second-order valence-corrected chi connectivity index (χ2v) is 11.1. The summed E-state index contributed by atoms with van der Waals surface area (Å²) in [7, 11) is 0. The number of hydrogen-bond acceptors (Lipinski definition) is 5. The highest BCUT2D eigenvalue weighted by Crippen LogP contribution is 2.43. The van der Waals surface area contributed by atoms with E-state index in [0.29, 0.717) is 4.47 Å². The first-order valence-corrected chi connectivity index (χ1v) is 11.6. The monoisotopic (exact) mass is 567 g/mol. The van der Waals surface area contributed by atoms with Crippen LogP contribution >= 0.6 is 31.9 Å². The van der Waals surface area contributed by atoms with Crippen molar-refractivity contribution in [2.75, 3.05) is 6.61 Å². The van der Waals surface area contributed by atoms with Crippen molar-refractivity contribution >= 4 is 49.7 Å². The number of benzene rings is 2. The van der Waals surface area contributed by atoms with Gasteiger partial charge >= 0.3 is 5.69 Å². The van der Waals surface area contributed by atoms with Crippen LogP contribution in [0, 0.1) is 15.5 Å². The van der Waals surface area contributed by atoms with Crippen LogP contribution in [0.25, 0.3) is 0 Å². The number of hydrogen-bond donors (Lipinski definition) is 1. The van der Waals surface area contributed by atoms with Gasteiger partial charge in [0.15, 0.2) is 6.61 Å². The van der Waals surface area contributed by atoms with E-state index in [1.165, 1.54) is 12.3 Å². The highest BCUT2D eigenvalue weighted by Gasteiger charge is 2.31. The molecule has 0 saturated heterocycles. The van der Waals surface area contributed by atoms with E-state index in [2.05, 4.69) is 77.0 Å². The molecule has 0 atom stereocenters. The third-order valence-corrected chi connectivity index (χ3v) is 5.66. The van der Waals surface area contributed by atoms with E-state index in [4.69, 9.17) is 4.74 Å². The lowest BCUT2D eigenvalue weighted by atomic mass is 9.72. The summed E-state index contributed by atoms with van der Waals surface area (Å²) in [5, 5.41) is 15.6. The summed E-state index contributed by atoms with van der Waals surface area (Å²) >= 11 is 6.74. The number of nitro benzene ring substituents is 1. The van der Waals surface area contributed by atoms with Gasteiger partial charge in [0.05, 0.1) is 15.6 Å². The van der Waals surface area contributed by atoms with E-state index in [9.17, 15) is 14.9 Å². The molecule has 2 rings (SSSR count). The molecule has 2 aromatic carbocycles. The molecule has 1 amide bonds. The molecule has 32 heavy (non-hydrogen) atoms. The van der Waals surface area contributed by atoms with E-state index in [1.807, 2.05) is 30.3 Å². The highest BCUT2D eigenvalue weighted by atomic mass is 79.9. The number of carbonyl (C=O) groups is 1. The number of nitrogens with zero attached hydrogens (tertiary/aromatic N) is 2. The van der Waals surface area contributed by atoms with Gasteiger partial charge in [0.1, 0.15) is 0 Å². The van der Waals surface area contributed by atoms with Gasteiger partial charge in [0.25, 0.3) is 5.91 Å². The van der Waals surface area contributed by atoms with E-state index in [0.717, 1.165) is 22.0 Å². The summed E-state index contributed by atoms with van der Waals surface area (Å²) in [4.78, 5) is 23.3. The number of rotatable bonds is 8. The van der Waals surface area contributed by atoms with Crippen molar-refractivity contribution in [3.63, 3.8) is 0 Å². The highest BCUT2D eigenvalue weighted by molar-refractivity contribution is 9.10. The zero-order chi connectivity index (χ0) is 24.1. The number of carbonyl (C=O) groups excluding carboxylic acids is 1. The van der Waals surface area contributed by atoms with Gasteiger partial charge in [-0.05, 0) is 62.5 Å². The molecule has 0 heterocycles. The number of amides is 1. The minimum absolute atomic E-state index is 0.0106. The van der Waals surface area contributed by atoms with Gasteiger partial charge < -0.3 is 4.74 Å². The second kappa shape index (κ2) is 10.6. The van der Waals surface area contributed by atoms with Gasteiger partial charge in [-0.3, -0.25) is 14.9 Å². The van der Waals surface area contributed by atoms with Crippen LogP contribution in [-0.2, 0) is 10.2 Å². The second-order valence-electron chi connectivity index (χ2n) is 9.32. The molecule has 172 valence electrons. The number of hydrazone groups is 1. The predicted molar refractivity (Wildman–Crippen MR) is 133 cm³/mol. The maximum Gasteiger partial charge on any atom is 0.312 e. The molecule has 2 aromatic rings. The smallest absolute Gasteiger partial charge is 0.312 e. The van der Waals surface area contributed by atoms with Crippen molar-refractivity contribution in [2.24, 2.45) is 10.5 Å². The van der Waals surface area contributed by atoms with E-state index >= 15 is 0 Å². The number of ether oxygens (including phenoxy) is 1. The maximum atomic E-state index is 12.1. The van der Waals surface area contributed by atoms with Crippen molar-refractivity contribution in [3.8, 4) is 5.75 Å². The average molecular weight is 569 g/mol. The summed E-state index contributed by atoms with van der Waals surface area (Å²) in [6.07, 6.45) is 2.33. The molecule has 7 nitrogen and oxygen atoms in total. The average Bonchev–Trinajstić information content (AvgIpc) is 2.64. The van der Waals surface area contributed by atoms with Gasteiger partial charge in [-0.1, -0.05) is 62.7 Å². The van der Waals surface area contributed by atoms with Crippen LogP contribution in [0.5, 0.6) is 5.75 Å². The minimum atomic E-state index is -0.533. The van der Waals surface area contributed by atoms with Crippen LogP contribution in [0.4, 0.5) is 5.69 Å². The predicted octanol–water partition coefficient (Wildman–Crippen LogP) is 6.36. The van der Waals surface area contributed by atoms with Gasteiger partial charge in [-0.15, -0.1) is 0 Å². The number of nitrogens with one attached hydrogen (secondary N) is 1. The van der Waals surface area contributed by atoms with Gasteiger partial charge in [-0.25, -0.2) is 5.43 Å². The molecule has 0 bridgehead atoms. The first-order valence-electron chi connectivity index (χ1n) is 9.97. The van der Waals surface area contributed by atoms with Crippen LogP contribution in [0.1, 0.15) is 52.2 Å². The Morgan fingerprint density at radius 3 is 2.47 bits per heavy atom. The maximum absolute atomic E-state index is 12.1. The molecule has 0 aliphatic heterocycles. The van der Waals surface area contributed by atoms with E-state index < -0.39 is 17.4 Å². The van der Waals surface area contributed by atoms with Crippen molar-refractivity contribution in [3.05, 3.63) is 66.6 Å². The molecular weight excluding hydrogens is 542 g/mol. The summed E-state index contributed by atoms with van der Waals surface area (Å²) in [6.45, 7) is 10.1. The normalized spacial score (nSPS) is 12.1. The van der Waals surface area contributed by atoms with Crippen LogP contribution < -0.4 is 10.2 Å². The van der Waals surface area contributed by atoms with Crippen molar-refractivity contribution in [1.82, 2.24) is 5.43 Å². The summed E-state index contributed by atoms with van der Waals surface area (Å²) < 4.78 is 6.82. The molecule has 9 heteroatoms. The summed E-state index contributed by atoms with van der Waals surface area (Å²) in [5.41, 5.74) is 3.54. The van der Waals surface area contributed by atoms with Crippen LogP contribution in [0.15, 0.2) is 50.4 Å². The molecule has 0 radical (unpaired) electrons. The molecule has 0 aliphatic rings. The van der Waals surface area contributed by atoms with Crippen LogP contribution in [0.2, 0.25) is 0 Å². The molecule has 0 aromatic heterocycles. The lowest BCUT2D eigenvalue weighted by molar-refractivity contribution is -0.386. The minimum Gasteiger partial charge on any atom is -0.476 e. The van der Waals surface area contributed by atoms with E-state index in [-0.39, 0.29) is 22.3 Å². The standard InChI is InChI=1S/C23H27Br2N3O4/c1-22(2,3)14-23(4,5)16-10-18(25)21(19(11-16)28(30)31)32-13-20(29)27-26-12-15-7-6-8-17(24)9-15/h6-12H,13-14H2,1-5H3,(H,27,29)/b26-12+. The number of halogens is 2. The Morgan fingerprint density at radius 2 is 1.88 bits per heavy atom. The zero-order valence-corrected chi connectivity index (χ0v) is 21.9. The number of nitro groups is 1. The molecule has 0 fully saturated rings. The first-order chi connectivity index (χ1) is 14.8. The largest absolute Gasteiger partial charge is 0.476 e. The molecule has 0 spiro atoms. The van der Waals surface area contributed by atoms with Gasteiger partial charge in [0.2, 0.25) is 5.75 Å². The fourth-order valence-electron chi connectivity index (χ4n) is 3.61. The lowest BCUT2D eigenvalue weighted by Crippen LogP contribution is -2.26. The van der Waals surface area contributed by atoms with Crippen LogP contribution in [0.3, 0.4) is 0 Å². The fourth-order valence-corrected chi connectivity index (χ4v) is 4.59. The van der Waals surface area contributed by atoms with Crippen molar-refractivity contribution in [2.45, 2.75) is 46.5 Å². The molecule has 1 N–H and O–H groups in total. The molecule has 0 unspecified atom stereocenters. The summed E-state index contributed by atoms with van der Waals surface area (Å²) in [6, 6.07) is 10.7. The third-order valence-electron chi connectivity index (χ3n) is 4.57. The quantitative estimate of drug-likeness (QED) is 0.228. The van der Waals surface area contributed by atoms with Crippen LogP contribution in [-0.4, -0.2) is 23.7 Å². The lowest BCUT2D eigenvalue weighted by Gasteiger charge is -2.33. The Morgan fingerprint density at radius 1 is 1.19 bits per heavy atom.